The minimum Gasteiger partial charge on any atom is -0.506 e. The Hall–Kier alpha value is -1.19. The van der Waals surface area contributed by atoms with Gasteiger partial charge in [0.1, 0.15) is 5.75 Å². The molecule has 0 aliphatic heterocycles. The van der Waals surface area contributed by atoms with Crippen LogP contribution >= 0.6 is 22.9 Å². The first-order chi connectivity index (χ1) is 7.66. The lowest BCUT2D eigenvalue weighted by Gasteiger charge is -2.06. The van der Waals surface area contributed by atoms with Gasteiger partial charge in [-0.25, -0.2) is 0 Å². The van der Waals surface area contributed by atoms with Crippen molar-refractivity contribution in [1.82, 2.24) is 0 Å². The van der Waals surface area contributed by atoms with Crippen LogP contribution in [0, 0.1) is 6.92 Å². The number of aromatic hydroxyl groups is 1. The Morgan fingerprint density at radius 1 is 1.38 bits per heavy atom. The van der Waals surface area contributed by atoms with E-state index in [0.717, 1.165) is 12.2 Å². The zero-order valence-corrected chi connectivity index (χ0v) is 10.4. The van der Waals surface area contributed by atoms with Gasteiger partial charge in [-0.3, -0.25) is 0 Å². The molecule has 0 spiro atoms. The fraction of sp³-hybridized carbons (Fsp3) is 0.167. The number of rotatable bonds is 3. The van der Waals surface area contributed by atoms with Gasteiger partial charge in [0, 0.05) is 17.1 Å². The molecule has 1 aromatic heterocycles. The number of phenols is 1. The van der Waals surface area contributed by atoms with Crippen molar-refractivity contribution in [3.63, 3.8) is 0 Å². The first-order valence-electron chi connectivity index (χ1n) is 4.92. The van der Waals surface area contributed by atoms with Crippen LogP contribution in [0.3, 0.4) is 0 Å². The van der Waals surface area contributed by atoms with Crippen molar-refractivity contribution in [2.45, 2.75) is 13.5 Å². The summed E-state index contributed by atoms with van der Waals surface area (Å²) in [6.45, 7) is 2.88. The molecule has 0 amide bonds. The predicted molar refractivity (Wildman–Crippen MR) is 69.5 cm³/mol. The number of halogens is 1. The minimum absolute atomic E-state index is 0.111. The molecule has 0 saturated heterocycles. The highest BCUT2D eigenvalue weighted by Gasteiger charge is 2.02. The van der Waals surface area contributed by atoms with Crippen molar-refractivity contribution in [2.75, 3.05) is 5.32 Å². The van der Waals surface area contributed by atoms with E-state index in [1.54, 1.807) is 23.5 Å². The largest absolute Gasteiger partial charge is 0.506 e. The Morgan fingerprint density at radius 2 is 2.19 bits per heavy atom. The zero-order chi connectivity index (χ0) is 11.5. The summed E-state index contributed by atoms with van der Waals surface area (Å²) in [6, 6.07) is 7.22. The maximum absolute atomic E-state index is 9.28. The van der Waals surface area contributed by atoms with Gasteiger partial charge in [0.2, 0.25) is 0 Å². The van der Waals surface area contributed by atoms with Crippen molar-refractivity contribution in [1.29, 1.82) is 0 Å². The quantitative estimate of drug-likeness (QED) is 0.810. The van der Waals surface area contributed by atoms with Crippen LogP contribution in [0.25, 0.3) is 0 Å². The van der Waals surface area contributed by atoms with Crippen LogP contribution in [0.4, 0.5) is 5.69 Å². The van der Waals surface area contributed by atoms with Crippen molar-refractivity contribution in [3.8, 4) is 5.75 Å². The summed E-state index contributed by atoms with van der Waals surface area (Å²) in [5.74, 6) is 0.111. The van der Waals surface area contributed by atoms with Gasteiger partial charge in [0.15, 0.2) is 0 Å². The maximum Gasteiger partial charge on any atom is 0.134 e. The predicted octanol–water partition coefficient (Wildman–Crippen LogP) is 4.03. The third-order valence-corrected chi connectivity index (χ3v) is 3.69. The highest BCUT2D eigenvalue weighted by Crippen LogP contribution is 2.26. The molecule has 0 fully saturated rings. The van der Waals surface area contributed by atoms with Gasteiger partial charge in [-0.15, -0.1) is 11.3 Å². The Morgan fingerprint density at radius 3 is 2.81 bits per heavy atom. The molecule has 0 aliphatic rings. The molecule has 84 valence electrons. The van der Waals surface area contributed by atoms with E-state index in [1.165, 1.54) is 10.4 Å². The van der Waals surface area contributed by atoms with E-state index in [4.69, 9.17) is 11.6 Å². The number of aryl methyl sites for hydroxylation is 1. The molecule has 2 N–H and O–H groups in total. The topological polar surface area (TPSA) is 32.3 Å². The molecule has 0 unspecified atom stereocenters. The highest BCUT2D eigenvalue weighted by atomic mass is 35.5. The van der Waals surface area contributed by atoms with Crippen LogP contribution in [0.2, 0.25) is 5.02 Å². The smallest absolute Gasteiger partial charge is 0.134 e. The Kier molecular flexibility index (Phi) is 3.36. The molecule has 2 nitrogen and oxygen atoms in total. The molecule has 2 rings (SSSR count). The molecule has 0 aliphatic carbocycles. The molecule has 2 aromatic rings. The Balaban J connectivity index is 2.05. The summed E-state index contributed by atoms with van der Waals surface area (Å²) in [7, 11) is 0. The van der Waals surface area contributed by atoms with Crippen molar-refractivity contribution in [3.05, 3.63) is 45.1 Å². The molecule has 1 aromatic carbocycles. The van der Waals surface area contributed by atoms with E-state index < -0.39 is 0 Å². The number of nitrogens with one attached hydrogen (secondary N) is 1. The van der Waals surface area contributed by atoms with Crippen molar-refractivity contribution < 1.29 is 5.11 Å². The second kappa shape index (κ2) is 4.76. The third-order valence-electron chi connectivity index (χ3n) is 2.37. The van der Waals surface area contributed by atoms with E-state index in [0.29, 0.717) is 5.02 Å². The summed E-state index contributed by atoms with van der Waals surface area (Å²) in [5, 5.41) is 15.0. The summed E-state index contributed by atoms with van der Waals surface area (Å²) >= 11 is 7.55. The molecule has 16 heavy (non-hydrogen) atoms. The molecule has 1 heterocycles. The molecule has 0 radical (unpaired) electrons. The second-order valence-electron chi connectivity index (χ2n) is 3.55. The van der Waals surface area contributed by atoms with Gasteiger partial charge < -0.3 is 10.4 Å². The van der Waals surface area contributed by atoms with Crippen LogP contribution in [0.1, 0.15) is 10.4 Å². The number of phenolic OH excluding ortho intramolecular Hbond substituents is 1. The number of hydrogen-bond acceptors (Lipinski definition) is 3. The number of benzene rings is 1. The molecule has 0 saturated carbocycles. The van der Waals surface area contributed by atoms with Crippen LogP contribution in [-0.4, -0.2) is 5.11 Å². The lowest BCUT2D eigenvalue weighted by molar-refractivity contribution is 0.475. The standard InChI is InChI=1S/C12H12ClNOS/c1-8-4-5-16-12(8)7-14-9-2-3-11(15)10(13)6-9/h2-6,14-15H,7H2,1H3. The fourth-order valence-corrected chi connectivity index (χ4v) is 2.41. The van der Waals surface area contributed by atoms with E-state index >= 15 is 0 Å². The molecule has 0 atom stereocenters. The molecular formula is C12H12ClNOS. The van der Waals surface area contributed by atoms with E-state index in [2.05, 4.69) is 23.7 Å². The molecule has 0 bridgehead atoms. The number of hydrogen-bond donors (Lipinski definition) is 2. The second-order valence-corrected chi connectivity index (χ2v) is 4.95. The molecule has 4 heteroatoms. The first kappa shape index (κ1) is 11.3. The highest BCUT2D eigenvalue weighted by molar-refractivity contribution is 7.10. The summed E-state index contributed by atoms with van der Waals surface area (Å²) in [6.07, 6.45) is 0. The summed E-state index contributed by atoms with van der Waals surface area (Å²) in [4.78, 5) is 1.31. The zero-order valence-electron chi connectivity index (χ0n) is 8.83. The van der Waals surface area contributed by atoms with Crippen molar-refractivity contribution >= 4 is 28.6 Å². The first-order valence-corrected chi connectivity index (χ1v) is 6.18. The number of anilines is 1. The van der Waals surface area contributed by atoms with Gasteiger partial charge in [-0.05, 0) is 42.1 Å². The van der Waals surface area contributed by atoms with Gasteiger partial charge >= 0.3 is 0 Å². The fourth-order valence-electron chi connectivity index (χ4n) is 1.38. The average molecular weight is 254 g/mol. The maximum atomic E-state index is 9.28. The normalized spacial score (nSPS) is 10.4. The van der Waals surface area contributed by atoms with Gasteiger partial charge in [-0.2, -0.15) is 0 Å². The van der Waals surface area contributed by atoms with E-state index in [9.17, 15) is 5.11 Å². The Labute approximate surface area is 104 Å². The lowest BCUT2D eigenvalue weighted by Crippen LogP contribution is -1.98. The van der Waals surface area contributed by atoms with Gasteiger partial charge in [-0.1, -0.05) is 11.6 Å². The minimum atomic E-state index is 0.111. The Bertz CT molecular complexity index is 496. The van der Waals surface area contributed by atoms with Crippen LogP contribution in [0.15, 0.2) is 29.6 Å². The monoisotopic (exact) mass is 253 g/mol. The van der Waals surface area contributed by atoms with Crippen molar-refractivity contribution in [2.24, 2.45) is 0 Å². The molecular weight excluding hydrogens is 242 g/mol. The summed E-state index contributed by atoms with van der Waals surface area (Å²) in [5.41, 5.74) is 2.21. The third kappa shape index (κ3) is 2.49. The van der Waals surface area contributed by atoms with Gasteiger partial charge in [0.05, 0.1) is 5.02 Å². The van der Waals surface area contributed by atoms with E-state index in [1.807, 2.05) is 6.07 Å². The average Bonchev–Trinajstić information content (AvgIpc) is 2.66. The van der Waals surface area contributed by atoms with Gasteiger partial charge in [0.25, 0.3) is 0 Å². The number of thiophene rings is 1. The van der Waals surface area contributed by atoms with E-state index in [-0.39, 0.29) is 5.75 Å². The van der Waals surface area contributed by atoms with Crippen LogP contribution < -0.4 is 5.32 Å². The van der Waals surface area contributed by atoms with Crippen LogP contribution in [-0.2, 0) is 6.54 Å². The SMILES string of the molecule is Cc1ccsc1CNc1ccc(O)c(Cl)c1. The lowest BCUT2D eigenvalue weighted by atomic mass is 10.2. The summed E-state index contributed by atoms with van der Waals surface area (Å²) < 4.78 is 0. The van der Waals surface area contributed by atoms with Crippen LogP contribution in [0.5, 0.6) is 5.75 Å².